The number of amides is 3. The van der Waals surface area contributed by atoms with Crippen LogP contribution in [0.2, 0.25) is 0 Å². The van der Waals surface area contributed by atoms with Gasteiger partial charge in [-0.2, -0.15) is 0 Å². The average Bonchev–Trinajstić information content (AvgIpc) is 2.62. The Hall–Kier alpha value is -2.37. The lowest BCUT2D eigenvalue weighted by atomic mass is 10.1. The van der Waals surface area contributed by atoms with Crippen LogP contribution in [0.15, 0.2) is 24.3 Å². The molecule has 1 aromatic rings. The molecule has 0 aliphatic heterocycles. The standard InChI is InChI=1S/C19H29N3O3/c1-3-5-6-13-20-19(25)14-21-18(24)12-9-15-7-10-16(11-8-15)22-17(23)4-2/h7-8,10-11H,3-6,9,12-14H2,1-2H3,(H,20,25)(H,21,24)(H,22,23). The highest BCUT2D eigenvalue weighted by Gasteiger charge is 2.06. The molecule has 0 aromatic heterocycles. The lowest BCUT2D eigenvalue weighted by Crippen LogP contribution is -2.37. The lowest BCUT2D eigenvalue weighted by Gasteiger charge is -2.07. The Balaban J connectivity index is 2.23. The van der Waals surface area contributed by atoms with Crippen molar-refractivity contribution < 1.29 is 14.4 Å². The number of carbonyl (C=O) groups is 3. The van der Waals surface area contributed by atoms with E-state index >= 15 is 0 Å². The minimum Gasteiger partial charge on any atom is -0.355 e. The van der Waals surface area contributed by atoms with Gasteiger partial charge in [-0.05, 0) is 30.5 Å². The van der Waals surface area contributed by atoms with Crippen LogP contribution in [-0.2, 0) is 20.8 Å². The normalized spacial score (nSPS) is 10.2. The Morgan fingerprint density at radius 2 is 1.60 bits per heavy atom. The van der Waals surface area contributed by atoms with Crippen molar-refractivity contribution in [3.8, 4) is 0 Å². The molecule has 0 unspecified atom stereocenters. The second-order valence-corrected chi connectivity index (χ2v) is 5.93. The number of benzene rings is 1. The van der Waals surface area contributed by atoms with E-state index in [-0.39, 0.29) is 24.3 Å². The van der Waals surface area contributed by atoms with Crippen molar-refractivity contribution in [2.75, 3.05) is 18.4 Å². The first-order chi connectivity index (χ1) is 12.0. The summed E-state index contributed by atoms with van der Waals surface area (Å²) in [4.78, 5) is 34.7. The first-order valence-corrected chi connectivity index (χ1v) is 8.97. The molecule has 0 heterocycles. The second-order valence-electron chi connectivity index (χ2n) is 5.93. The summed E-state index contributed by atoms with van der Waals surface area (Å²) in [5.41, 5.74) is 1.76. The van der Waals surface area contributed by atoms with Gasteiger partial charge >= 0.3 is 0 Å². The summed E-state index contributed by atoms with van der Waals surface area (Å²) in [6.45, 7) is 4.58. The zero-order chi connectivity index (χ0) is 18.5. The SMILES string of the molecule is CCCCCNC(=O)CNC(=O)CCc1ccc(NC(=O)CC)cc1. The molecule has 3 N–H and O–H groups in total. The molecule has 0 aliphatic rings. The zero-order valence-corrected chi connectivity index (χ0v) is 15.2. The van der Waals surface area contributed by atoms with E-state index in [9.17, 15) is 14.4 Å². The second kappa shape index (κ2) is 12.1. The fraction of sp³-hybridized carbons (Fsp3) is 0.526. The van der Waals surface area contributed by atoms with Crippen LogP contribution in [0, 0.1) is 0 Å². The topological polar surface area (TPSA) is 87.3 Å². The average molecular weight is 347 g/mol. The van der Waals surface area contributed by atoms with Crippen LogP contribution in [0.3, 0.4) is 0 Å². The number of aryl methyl sites for hydroxylation is 1. The Labute approximate surface area is 149 Å². The molecule has 0 saturated heterocycles. The molecule has 3 amide bonds. The number of carbonyl (C=O) groups excluding carboxylic acids is 3. The van der Waals surface area contributed by atoms with Crippen molar-refractivity contribution in [3.05, 3.63) is 29.8 Å². The maximum Gasteiger partial charge on any atom is 0.239 e. The molecule has 1 rings (SSSR count). The van der Waals surface area contributed by atoms with Gasteiger partial charge in [0.15, 0.2) is 0 Å². The summed E-state index contributed by atoms with van der Waals surface area (Å²) in [6, 6.07) is 7.42. The van der Waals surface area contributed by atoms with Gasteiger partial charge in [-0.1, -0.05) is 38.8 Å². The van der Waals surface area contributed by atoms with Crippen molar-refractivity contribution in [3.63, 3.8) is 0 Å². The van der Waals surface area contributed by atoms with Crippen molar-refractivity contribution in [1.29, 1.82) is 0 Å². The number of anilines is 1. The van der Waals surface area contributed by atoms with Gasteiger partial charge in [0, 0.05) is 25.1 Å². The largest absolute Gasteiger partial charge is 0.355 e. The Bertz CT molecular complexity index is 556. The molecule has 0 atom stereocenters. The van der Waals surface area contributed by atoms with E-state index in [0.29, 0.717) is 25.8 Å². The molecule has 0 fully saturated rings. The van der Waals surface area contributed by atoms with E-state index in [1.807, 2.05) is 24.3 Å². The van der Waals surface area contributed by atoms with Crippen LogP contribution < -0.4 is 16.0 Å². The van der Waals surface area contributed by atoms with Gasteiger partial charge in [0.05, 0.1) is 6.54 Å². The molecule has 6 nitrogen and oxygen atoms in total. The fourth-order valence-corrected chi connectivity index (χ4v) is 2.19. The third-order valence-corrected chi connectivity index (χ3v) is 3.75. The molecule has 0 spiro atoms. The predicted octanol–water partition coefficient (Wildman–Crippen LogP) is 2.39. The van der Waals surface area contributed by atoms with Crippen LogP contribution >= 0.6 is 0 Å². The molecular formula is C19H29N3O3. The summed E-state index contributed by atoms with van der Waals surface area (Å²) in [5.74, 6) is -0.326. The van der Waals surface area contributed by atoms with Gasteiger partial charge in [0.1, 0.15) is 0 Å². The van der Waals surface area contributed by atoms with Crippen LogP contribution in [0.4, 0.5) is 5.69 Å². The number of hydrogen-bond donors (Lipinski definition) is 3. The first kappa shape index (κ1) is 20.7. The third kappa shape index (κ3) is 9.49. The van der Waals surface area contributed by atoms with Crippen molar-refractivity contribution in [1.82, 2.24) is 10.6 Å². The lowest BCUT2D eigenvalue weighted by molar-refractivity contribution is -0.126. The van der Waals surface area contributed by atoms with Crippen molar-refractivity contribution in [2.45, 2.75) is 52.4 Å². The number of nitrogens with one attached hydrogen (secondary N) is 3. The van der Waals surface area contributed by atoms with Gasteiger partial charge in [0.2, 0.25) is 17.7 Å². The minimum atomic E-state index is -0.152. The highest BCUT2D eigenvalue weighted by molar-refractivity contribution is 5.90. The number of rotatable bonds is 11. The van der Waals surface area contributed by atoms with E-state index in [4.69, 9.17) is 0 Å². The third-order valence-electron chi connectivity index (χ3n) is 3.75. The zero-order valence-electron chi connectivity index (χ0n) is 15.2. The quantitative estimate of drug-likeness (QED) is 0.537. The van der Waals surface area contributed by atoms with Gasteiger partial charge in [0.25, 0.3) is 0 Å². The maximum atomic E-state index is 11.8. The van der Waals surface area contributed by atoms with Crippen LogP contribution in [0.5, 0.6) is 0 Å². The molecule has 138 valence electrons. The van der Waals surface area contributed by atoms with Crippen LogP contribution in [0.25, 0.3) is 0 Å². The Morgan fingerprint density at radius 1 is 0.880 bits per heavy atom. The summed E-state index contributed by atoms with van der Waals surface area (Å²) < 4.78 is 0. The Kier molecular flexibility index (Phi) is 9.97. The molecule has 0 aliphatic carbocycles. The Morgan fingerprint density at radius 3 is 2.24 bits per heavy atom. The predicted molar refractivity (Wildman–Crippen MR) is 99.2 cm³/mol. The van der Waals surface area contributed by atoms with E-state index in [1.54, 1.807) is 6.92 Å². The highest BCUT2D eigenvalue weighted by atomic mass is 16.2. The summed E-state index contributed by atoms with van der Waals surface area (Å²) in [7, 11) is 0. The van der Waals surface area contributed by atoms with E-state index in [0.717, 1.165) is 30.5 Å². The summed E-state index contributed by atoms with van der Waals surface area (Å²) >= 11 is 0. The molecule has 0 saturated carbocycles. The van der Waals surface area contributed by atoms with Crippen LogP contribution in [-0.4, -0.2) is 30.8 Å². The summed E-state index contributed by atoms with van der Waals surface area (Å²) in [6.07, 6.45) is 4.51. The van der Waals surface area contributed by atoms with Crippen molar-refractivity contribution in [2.24, 2.45) is 0 Å². The summed E-state index contributed by atoms with van der Waals surface area (Å²) in [5, 5.41) is 8.19. The maximum absolute atomic E-state index is 11.8. The highest BCUT2D eigenvalue weighted by Crippen LogP contribution is 2.11. The molecule has 25 heavy (non-hydrogen) atoms. The van der Waals surface area contributed by atoms with Gasteiger partial charge in [-0.15, -0.1) is 0 Å². The van der Waals surface area contributed by atoms with E-state index in [1.165, 1.54) is 0 Å². The minimum absolute atomic E-state index is 0.0208. The van der Waals surface area contributed by atoms with Crippen molar-refractivity contribution >= 4 is 23.4 Å². The van der Waals surface area contributed by atoms with Gasteiger partial charge in [-0.3, -0.25) is 14.4 Å². The van der Waals surface area contributed by atoms with E-state index < -0.39 is 0 Å². The molecular weight excluding hydrogens is 318 g/mol. The monoisotopic (exact) mass is 347 g/mol. The van der Waals surface area contributed by atoms with Gasteiger partial charge in [-0.25, -0.2) is 0 Å². The van der Waals surface area contributed by atoms with E-state index in [2.05, 4.69) is 22.9 Å². The number of hydrogen-bond acceptors (Lipinski definition) is 3. The van der Waals surface area contributed by atoms with Gasteiger partial charge < -0.3 is 16.0 Å². The smallest absolute Gasteiger partial charge is 0.239 e. The molecule has 1 aromatic carbocycles. The molecule has 0 bridgehead atoms. The molecule has 0 radical (unpaired) electrons. The number of unbranched alkanes of at least 4 members (excludes halogenated alkanes) is 2. The fourth-order valence-electron chi connectivity index (χ4n) is 2.19. The first-order valence-electron chi connectivity index (χ1n) is 8.97. The van der Waals surface area contributed by atoms with Crippen LogP contribution in [0.1, 0.15) is 51.5 Å². The molecule has 6 heteroatoms.